The van der Waals surface area contributed by atoms with Crippen LogP contribution in [-0.4, -0.2) is 26.2 Å². The van der Waals surface area contributed by atoms with E-state index in [0.29, 0.717) is 12.8 Å². The molecule has 208 valence electrons. The molecular weight excluding hydrogens is 508 g/mol. The number of esters is 2. The van der Waals surface area contributed by atoms with E-state index in [1.165, 1.54) is 36.5 Å². The van der Waals surface area contributed by atoms with Gasteiger partial charge in [0.1, 0.15) is 0 Å². The zero-order valence-corrected chi connectivity index (χ0v) is 24.2. The smallest absolute Gasteiger partial charge is 0.306 e. The fourth-order valence-corrected chi connectivity index (χ4v) is 8.05. The molecule has 2 aliphatic carbocycles. The Kier molecular flexibility index (Phi) is 6.60. The highest BCUT2D eigenvalue weighted by Gasteiger charge is 2.52. The Morgan fingerprint density at radius 1 is 0.537 bits per heavy atom. The van der Waals surface area contributed by atoms with Crippen molar-refractivity contribution in [2.75, 3.05) is 14.2 Å². The summed E-state index contributed by atoms with van der Waals surface area (Å²) in [5.74, 6) is -0.457. The van der Waals surface area contributed by atoms with Gasteiger partial charge in [-0.3, -0.25) is 9.59 Å². The van der Waals surface area contributed by atoms with Gasteiger partial charge in [-0.1, -0.05) is 111 Å². The molecule has 6 rings (SSSR count). The first-order valence-corrected chi connectivity index (χ1v) is 14.3. The lowest BCUT2D eigenvalue weighted by atomic mass is 9.59. The predicted octanol–water partition coefficient (Wildman–Crippen LogP) is 7.85. The van der Waals surface area contributed by atoms with E-state index in [4.69, 9.17) is 9.47 Å². The molecule has 41 heavy (non-hydrogen) atoms. The molecule has 0 atom stereocenters. The molecule has 0 spiro atoms. The Labute approximate surface area is 242 Å². The zero-order valence-electron chi connectivity index (χ0n) is 24.2. The van der Waals surface area contributed by atoms with E-state index in [1.807, 2.05) is 0 Å². The SMILES string of the molecule is COC(=O)CC1(CC(C)(C)CC2(CC(=O)OC)c3ccccc3-c3ccccc32)c2ccccc2-c2ccccc21. The first-order valence-electron chi connectivity index (χ1n) is 14.3. The largest absolute Gasteiger partial charge is 0.469 e. The lowest BCUT2D eigenvalue weighted by Gasteiger charge is -2.44. The Bertz CT molecular complexity index is 1430. The molecule has 0 aromatic heterocycles. The Hall–Kier alpha value is -4.18. The van der Waals surface area contributed by atoms with Crippen molar-refractivity contribution in [1.29, 1.82) is 0 Å². The van der Waals surface area contributed by atoms with Crippen LogP contribution < -0.4 is 0 Å². The Morgan fingerprint density at radius 2 is 0.805 bits per heavy atom. The summed E-state index contributed by atoms with van der Waals surface area (Å²) >= 11 is 0. The predicted molar refractivity (Wildman–Crippen MR) is 162 cm³/mol. The number of hydrogen-bond acceptors (Lipinski definition) is 4. The van der Waals surface area contributed by atoms with Crippen LogP contribution in [0, 0.1) is 5.41 Å². The van der Waals surface area contributed by atoms with Crippen LogP contribution in [0.2, 0.25) is 0 Å². The lowest BCUT2D eigenvalue weighted by Crippen LogP contribution is -2.40. The van der Waals surface area contributed by atoms with Gasteiger partial charge in [-0.2, -0.15) is 0 Å². The summed E-state index contributed by atoms with van der Waals surface area (Å²) in [5, 5.41) is 0. The van der Waals surface area contributed by atoms with Crippen molar-refractivity contribution in [3.63, 3.8) is 0 Å². The molecule has 0 aliphatic heterocycles. The van der Waals surface area contributed by atoms with Crippen LogP contribution in [0.4, 0.5) is 0 Å². The third-order valence-electron chi connectivity index (χ3n) is 9.26. The summed E-state index contributed by atoms with van der Waals surface area (Å²) in [6.07, 6.45) is 1.91. The molecule has 0 amide bonds. The molecule has 4 nitrogen and oxygen atoms in total. The summed E-state index contributed by atoms with van der Waals surface area (Å²) < 4.78 is 10.6. The second-order valence-electron chi connectivity index (χ2n) is 12.4. The molecule has 0 heterocycles. The molecule has 0 unspecified atom stereocenters. The zero-order chi connectivity index (χ0) is 28.8. The Balaban J connectivity index is 1.51. The highest BCUT2D eigenvalue weighted by atomic mass is 16.5. The van der Waals surface area contributed by atoms with Gasteiger partial charge in [0.15, 0.2) is 0 Å². The molecule has 0 saturated carbocycles. The number of rotatable bonds is 8. The number of benzene rings is 4. The summed E-state index contributed by atoms with van der Waals surface area (Å²) in [6.45, 7) is 4.55. The van der Waals surface area contributed by atoms with E-state index in [1.54, 1.807) is 0 Å². The van der Waals surface area contributed by atoms with Crippen molar-refractivity contribution in [3.05, 3.63) is 119 Å². The quantitative estimate of drug-likeness (QED) is 0.212. The third kappa shape index (κ3) is 4.28. The van der Waals surface area contributed by atoms with Gasteiger partial charge in [-0.25, -0.2) is 0 Å². The number of hydrogen-bond donors (Lipinski definition) is 0. The lowest BCUT2D eigenvalue weighted by molar-refractivity contribution is -0.142. The molecular formula is C37H36O4. The van der Waals surface area contributed by atoms with E-state index < -0.39 is 10.8 Å². The maximum absolute atomic E-state index is 13.1. The van der Waals surface area contributed by atoms with Crippen LogP contribution >= 0.6 is 0 Å². The topological polar surface area (TPSA) is 52.6 Å². The first kappa shape index (κ1) is 27.0. The van der Waals surface area contributed by atoms with Gasteiger partial charge >= 0.3 is 11.9 Å². The van der Waals surface area contributed by atoms with Crippen molar-refractivity contribution in [2.45, 2.75) is 50.4 Å². The average Bonchev–Trinajstić information content (AvgIpc) is 3.40. The molecule has 2 aliphatic rings. The summed E-state index contributed by atoms with van der Waals surface area (Å²) in [4.78, 5) is 26.2. The number of carbonyl (C=O) groups excluding carboxylic acids is 2. The minimum Gasteiger partial charge on any atom is -0.469 e. The van der Waals surface area contributed by atoms with E-state index in [0.717, 1.165) is 22.3 Å². The van der Waals surface area contributed by atoms with E-state index in [-0.39, 0.29) is 30.2 Å². The van der Waals surface area contributed by atoms with Gasteiger partial charge < -0.3 is 9.47 Å². The van der Waals surface area contributed by atoms with Gasteiger partial charge in [0.05, 0.1) is 27.1 Å². The van der Waals surface area contributed by atoms with E-state index in [9.17, 15) is 9.59 Å². The number of fused-ring (bicyclic) bond motifs is 6. The second-order valence-corrected chi connectivity index (χ2v) is 12.4. The monoisotopic (exact) mass is 544 g/mol. The van der Waals surface area contributed by atoms with Gasteiger partial charge in [0.2, 0.25) is 0 Å². The van der Waals surface area contributed by atoms with Gasteiger partial charge in [-0.05, 0) is 62.8 Å². The van der Waals surface area contributed by atoms with Crippen LogP contribution in [0.25, 0.3) is 22.3 Å². The summed E-state index contributed by atoms with van der Waals surface area (Å²) in [5.41, 5.74) is 7.89. The highest BCUT2D eigenvalue weighted by Crippen LogP contribution is 2.60. The molecule has 0 bridgehead atoms. The molecule has 0 saturated heterocycles. The minimum absolute atomic E-state index is 0.229. The van der Waals surface area contributed by atoms with Crippen LogP contribution in [0.5, 0.6) is 0 Å². The van der Waals surface area contributed by atoms with Crippen molar-refractivity contribution in [2.24, 2.45) is 5.41 Å². The number of ether oxygens (including phenoxy) is 2. The second kappa shape index (κ2) is 10.0. The minimum atomic E-state index is -0.562. The van der Waals surface area contributed by atoms with Crippen molar-refractivity contribution in [1.82, 2.24) is 0 Å². The van der Waals surface area contributed by atoms with Crippen molar-refractivity contribution in [3.8, 4) is 22.3 Å². The van der Waals surface area contributed by atoms with Crippen molar-refractivity contribution < 1.29 is 19.1 Å². The number of carbonyl (C=O) groups is 2. The van der Waals surface area contributed by atoms with E-state index in [2.05, 4.69) is 111 Å². The molecule has 0 fully saturated rings. The summed E-state index contributed by atoms with van der Waals surface area (Å²) in [6, 6.07) is 33.8. The first-order chi connectivity index (χ1) is 19.7. The van der Waals surface area contributed by atoms with E-state index >= 15 is 0 Å². The highest BCUT2D eigenvalue weighted by molar-refractivity contribution is 5.86. The van der Waals surface area contributed by atoms with Crippen LogP contribution in [0.1, 0.15) is 61.8 Å². The van der Waals surface area contributed by atoms with Gasteiger partial charge in [0, 0.05) is 10.8 Å². The number of methoxy groups -OCH3 is 2. The molecule has 4 aromatic carbocycles. The molecule has 4 aromatic rings. The third-order valence-corrected chi connectivity index (χ3v) is 9.26. The average molecular weight is 545 g/mol. The molecule has 4 heteroatoms. The summed E-state index contributed by atoms with van der Waals surface area (Å²) in [7, 11) is 2.93. The van der Waals surface area contributed by atoms with Crippen LogP contribution in [0.3, 0.4) is 0 Å². The maximum atomic E-state index is 13.1. The van der Waals surface area contributed by atoms with Gasteiger partial charge in [0.25, 0.3) is 0 Å². The fraction of sp³-hybridized carbons (Fsp3) is 0.297. The normalized spacial score (nSPS) is 15.3. The van der Waals surface area contributed by atoms with Crippen LogP contribution in [-0.2, 0) is 29.9 Å². The van der Waals surface area contributed by atoms with Crippen molar-refractivity contribution >= 4 is 11.9 Å². The standard InChI is InChI=1S/C37H36O4/c1-35(2,23-36(21-33(38)40-3)29-17-9-5-13-25(29)26-14-6-10-18-30(26)36)24-37(22-34(39)41-4)31-19-11-7-15-27(31)28-16-8-12-20-32(28)37/h5-20H,21-24H2,1-4H3. The maximum Gasteiger partial charge on any atom is 0.306 e. The molecule has 0 N–H and O–H groups in total. The Morgan fingerprint density at radius 3 is 1.07 bits per heavy atom. The molecule has 0 radical (unpaired) electrons. The fourth-order valence-electron chi connectivity index (χ4n) is 8.05. The van der Waals surface area contributed by atoms with Crippen LogP contribution in [0.15, 0.2) is 97.1 Å². The van der Waals surface area contributed by atoms with Gasteiger partial charge in [-0.15, -0.1) is 0 Å².